The average molecular weight is 201 g/mol. The number of carbonyl (C=O) groups is 1. The fourth-order valence-corrected chi connectivity index (χ4v) is 0.966. The number of nitrogens with two attached hydrogens (primary N) is 1. The van der Waals surface area contributed by atoms with Crippen molar-refractivity contribution >= 4 is 17.3 Å². The smallest absolute Gasteiger partial charge is 0.320 e. The van der Waals surface area contributed by atoms with Crippen LogP contribution in [0, 0.1) is 5.92 Å². The van der Waals surface area contributed by atoms with Gasteiger partial charge in [0, 0.05) is 0 Å². The highest BCUT2D eigenvalue weighted by molar-refractivity contribution is 7.07. The van der Waals surface area contributed by atoms with E-state index >= 15 is 0 Å². The Hall–Kier alpha value is -0.870. The molecule has 0 amide bonds. The summed E-state index contributed by atoms with van der Waals surface area (Å²) in [6.07, 6.45) is 0. The molecule has 1 aromatic heterocycles. The fourth-order valence-electron chi connectivity index (χ4n) is 0.512. The Labute approximate surface area is 82.2 Å². The van der Waals surface area contributed by atoms with Gasteiger partial charge < -0.3 is 10.8 Å². The summed E-state index contributed by atoms with van der Waals surface area (Å²) in [5.74, 6) is -0.910. The summed E-state index contributed by atoms with van der Waals surface area (Å²) in [5, 5.41) is 12.3. The highest BCUT2D eigenvalue weighted by Crippen LogP contribution is 1.96. The van der Waals surface area contributed by atoms with Gasteiger partial charge in [-0.25, -0.2) is 0 Å². The van der Waals surface area contributed by atoms with Gasteiger partial charge >= 0.3 is 5.97 Å². The molecule has 0 fully saturated rings. The first-order valence-electron chi connectivity index (χ1n) is 4.01. The van der Waals surface area contributed by atoms with E-state index in [0.717, 1.165) is 0 Å². The SMILES string of the molecule is CC(C)[C@H](N)C(=O)O.c1ccsc1. The molecule has 1 heterocycles. The molecular formula is C9H15NO2S. The molecule has 0 aliphatic heterocycles. The predicted molar refractivity (Wildman–Crippen MR) is 54.8 cm³/mol. The monoisotopic (exact) mass is 201 g/mol. The molecule has 1 rings (SSSR count). The van der Waals surface area contributed by atoms with Crippen molar-refractivity contribution in [3.63, 3.8) is 0 Å². The minimum Gasteiger partial charge on any atom is -0.480 e. The van der Waals surface area contributed by atoms with Crippen molar-refractivity contribution in [2.24, 2.45) is 11.7 Å². The number of carboxylic acids is 1. The summed E-state index contributed by atoms with van der Waals surface area (Å²) in [5.41, 5.74) is 5.16. The third-order valence-corrected chi connectivity index (χ3v) is 2.06. The molecule has 3 nitrogen and oxygen atoms in total. The van der Waals surface area contributed by atoms with Crippen molar-refractivity contribution in [1.29, 1.82) is 0 Å². The van der Waals surface area contributed by atoms with E-state index in [-0.39, 0.29) is 5.92 Å². The first kappa shape index (κ1) is 12.1. The third kappa shape index (κ3) is 6.31. The second-order valence-electron chi connectivity index (χ2n) is 2.90. The molecule has 0 aliphatic rings. The lowest BCUT2D eigenvalue weighted by molar-refractivity contribution is -0.139. The summed E-state index contributed by atoms with van der Waals surface area (Å²) in [6, 6.07) is 3.32. The highest BCUT2D eigenvalue weighted by atomic mass is 32.1. The van der Waals surface area contributed by atoms with Gasteiger partial charge in [0.15, 0.2) is 0 Å². The van der Waals surface area contributed by atoms with Crippen molar-refractivity contribution in [1.82, 2.24) is 0 Å². The van der Waals surface area contributed by atoms with E-state index in [1.165, 1.54) is 0 Å². The van der Waals surface area contributed by atoms with Crippen LogP contribution in [0.25, 0.3) is 0 Å². The first-order chi connectivity index (χ1) is 6.05. The lowest BCUT2D eigenvalue weighted by atomic mass is 10.1. The van der Waals surface area contributed by atoms with Gasteiger partial charge in [0.1, 0.15) is 6.04 Å². The molecule has 0 aliphatic carbocycles. The summed E-state index contributed by atoms with van der Waals surface area (Å²) in [6.45, 7) is 3.55. The van der Waals surface area contributed by atoms with Crippen LogP contribution in [0.2, 0.25) is 0 Å². The van der Waals surface area contributed by atoms with Gasteiger partial charge in [0.2, 0.25) is 0 Å². The zero-order valence-corrected chi connectivity index (χ0v) is 8.62. The van der Waals surface area contributed by atoms with Gasteiger partial charge in [-0.2, -0.15) is 11.3 Å². The molecule has 1 atom stereocenters. The van der Waals surface area contributed by atoms with E-state index in [1.54, 1.807) is 25.2 Å². The van der Waals surface area contributed by atoms with Gasteiger partial charge in [-0.1, -0.05) is 26.0 Å². The van der Waals surface area contributed by atoms with Crippen LogP contribution in [0.3, 0.4) is 0 Å². The average Bonchev–Trinajstić information content (AvgIpc) is 2.59. The largest absolute Gasteiger partial charge is 0.480 e. The predicted octanol–water partition coefficient (Wildman–Crippen LogP) is 1.80. The van der Waals surface area contributed by atoms with Crippen molar-refractivity contribution in [3.05, 3.63) is 22.9 Å². The molecule has 0 radical (unpaired) electrons. The Morgan fingerprint density at radius 1 is 1.38 bits per heavy atom. The van der Waals surface area contributed by atoms with Crippen molar-refractivity contribution < 1.29 is 9.90 Å². The lowest BCUT2D eigenvalue weighted by Gasteiger charge is -2.07. The zero-order valence-electron chi connectivity index (χ0n) is 7.81. The van der Waals surface area contributed by atoms with Gasteiger partial charge in [-0.05, 0) is 16.7 Å². The van der Waals surface area contributed by atoms with Crippen LogP contribution in [0.1, 0.15) is 13.8 Å². The lowest BCUT2D eigenvalue weighted by Crippen LogP contribution is -2.34. The van der Waals surface area contributed by atoms with E-state index in [2.05, 4.69) is 0 Å². The summed E-state index contributed by atoms with van der Waals surface area (Å²) >= 11 is 1.71. The summed E-state index contributed by atoms with van der Waals surface area (Å²) < 4.78 is 0. The third-order valence-electron chi connectivity index (χ3n) is 1.43. The van der Waals surface area contributed by atoms with Crippen LogP contribution >= 0.6 is 11.3 Å². The number of hydrogen-bond donors (Lipinski definition) is 2. The van der Waals surface area contributed by atoms with Crippen LogP contribution in [0.15, 0.2) is 22.9 Å². The number of hydrogen-bond acceptors (Lipinski definition) is 3. The Balaban J connectivity index is 0.000000243. The summed E-state index contributed by atoms with van der Waals surface area (Å²) in [4.78, 5) is 10.0. The van der Waals surface area contributed by atoms with Crippen molar-refractivity contribution in [2.75, 3.05) is 0 Å². The Morgan fingerprint density at radius 2 is 1.85 bits per heavy atom. The summed E-state index contributed by atoms with van der Waals surface area (Å²) in [7, 11) is 0. The topological polar surface area (TPSA) is 63.3 Å². The van der Waals surface area contributed by atoms with Gasteiger partial charge in [0.05, 0.1) is 0 Å². The maximum atomic E-state index is 10.0. The molecule has 0 aromatic carbocycles. The standard InChI is InChI=1S/C5H11NO2.C4H4S/c1-3(2)4(6)5(7)8;1-2-4-5-3-1/h3-4H,6H2,1-2H3,(H,7,8);1-4H/t4-;/m0./s1. The maximum absolute atomic E-state index is 10.0. The molecule has 0 bridgehead atoms. The molecule has 0 unspecified atom stereocenters. The van der Waals surface area contributed by atoms with Gasteiger partial charge in [-0.3, -0.25) is 4.79 Å². The van der Waals surface area contributed by atoms with Crippen LogP contribution in [0.5, 0.6) is 0 Å². The molecule has 1 aromatic rings. The van der Waals surface area contributed by atoms with Crippen LogP contribution in [-0.2, 0) is 4.79 Å². The normalized spacial score (nSPS) is 11.7. The maximum Gasteiger partial charge on any atom is 0.320 e. The van der Waals surface area contributed by atoms with E-state index in [0.29, 0.717) is 0 Å². The van der Waals surface area contributed by atoms with Crippen LogP contribution in [-0.4, -0.2) is 17.1 Å². The molecule has 0 saturated heterocycles. The Kier molecular flexibility index (Phi) is 6.18. The van der Waals surface area contributed by atoms with E-state index in [9.17, 15) is 4.79 Å². The van der Waals surface area contributed by atoms with E-state index in [1.807, 2.05) is 22.9 Å². The zero-order chi connectivity index (χ0) is 10.3. The quantitative estimate of drug-likeness (QED) is 0.767. The van der Waals surface area contributed by atoms with E-state index in [4.69, 9.17) is 10.8 Å². The number of carboxylic acid groups (broad SMARTS) is 1. The number of thiophene rings is 1. The van der Waals surface area contributed by atoms with Crippen LogP contribution in [0.4, 0.5) is 0 Å². The van der Waals surface area contributed by atoms with Crippen molar-refractivity contribution in [3.8, 4) is 0 Å². The first-order valence-corrected chi connectivity index (χ1v) is 4.95. The molecule has 3 N–H and O–H groups in total. The van der Waals surface area contributed by atoms with E-state index < -0.39 is 12.0 Å². The number of aliphatic carboxylic acids is 1. The molecule has 4 heteroatoms. The van der Waals surface area contributed by atoms with Crippen LogP contribution < -0.4 is 5.73 Å². The number of rotatable bonds is 2. The molecule has 13 heavy (non-hydrogen) atoms. The second-order valence-corrected chi connectivity index (χ2v) is 3.72. The highest BCUT2D eigenvalue weighted by Gasteiger charge is 2.14. The molecule has 0 spiro atoms. The van der Waals surface area contributed by atoms with Crippen molar-refractivity contribution in [2.45, 2.75) is 19.9 Å². The second kappa shape index (κ2) is 6.62. The Bertz CT molecular complexity index is 204. The fraction of sp³-hybridized carbons (Fsp3) is 0.444. The molecule has 74 valence electrons. The van der Waals surface area contributed by atoms with Gasteiger partial charge in [0.25, 0.3) is 0 Å². The minimum atomic E-state index is -0.931. The Morgan fingerprint density at radius 3 is 1.92 bits per heavy atom. The molecule has 0 saturated carbocycles. The van der Waals surface area contributed by atoms with Gasteiger partial charge in [-0.15, -0.1) is 0 Å². The molecular weight excluding hydrogens is 186 g/mol. The minimum absolute atomic E-state index is 0.0208.